The Labute approximate surface area is 115 Å². The number of benzene rings is 1. The number of likely N-dealkylation sites (N-methyl/N-ethyl adjacent to an activating group) is 1. The van der Waals surface area contributed by atoms with Crippen LogP contribution < -0.4 is 10.2 Å². The van der Waals surface area contributed by atoms with E-state index in [2.05, 4.69) is 5.32 Å². The van der Waals surface area contributed by atoms with E-state index in [0.717, 1.165) is 12.2 Å². The van der Waals surface area contributed by atoms with E-state index in [-0.39, 0.29) is 11.9 Å². The molecule has 0 heterocycles. The first-order chi connectivity index (χ1) is 8.80. The molecule has 0 saturated heterocycles. The summed E-state index contributed by atoms with van der Waals surface area (Å²) in [6.07, 6.45) is 0. The first-order valence-electron chi connectivity index (χ1n) is 6.73. The summed E-state index contributed by atoms with van der Waals surface area (Å²) in [6, 6.07) is 5.02. The van der Waals surface area contributed by atoms with Crippen molar-refractivity contribution in [1.29, 1.82) is 0 Å². The third-order valence-corrected chi connectivity index (χ3v) is 3.20. The van der Waals surface area contributed by atoms with E-state index in [4.69, 9.17) is 0 Å². The van der Waals surface area contributed by atoms with Crippen molar-refractivity contribution in [2.75, 3.05) is 25.0 Å². The molecule has 19 heavy (non-hydrogen) atoms. The predicted molar refractivity (Wildman–Crippen MR) is 78.1 cm³/mol. The molecule has 3 nitrogen and oxygen atoms in total. The third kappa shape index (κ3) is 4.18. The van der Waals surface area contributed by atoms with E-state index >= 15 is 0 Å². The van der Waals surface area contributed by atoms with Crippen LogP contribution in [0, 0.1) is 5.82 Å². The second-order valence-corrected chi connectivity index (χ2v) is 5.51. The maximum absolute atomic E-state index is 14.1. The van der Waals surface area contributed by atoms with Crippen LogP contribution in [0.1, 0.15) is 39.3 Å². The summed E-state index contributed by atoms with van der Waals surface area (Å²) in [5.74, 6) is -0.214. The molecule has 1 aromatic rings. The molecule has 0 aliphatic rings. The Morgan fingerprint density at radius 1 is 1.42 bits per heavy atom. The lowest BCUT2D eigenvalue weighted by molar-refractivity contribution is 0.0875. The van der Waals surface area contributed by atoms with Crippen LogP contribution in [0.5, 0.6) is 0 Å². The average molecular weight is 268 g/mol. The number of anilines is 1. The minimum absolute atomic E-state index is 0.0768. The van der Waals surface area contributed by atoms with Crippen LogP contribution in [0.25, 0.3) is 0 Å². The van der Waals surface area contributed by atoms with Gasteiger partial charge < -0.3 is 15.3 Å². The van der Waals surface area contributed by atoms with Crippen LogP contribution in [0.15, 0.2) is 18.2 Å². The lowest BCUT2D eigenvalue weighted by Crippen LogP contribution is -2.39. The molecule has 4 heteroatoms. The van der Waals surface area contributed by atoms with E-state index in [1.165, 1.54) is 6.07 Å². The van der Waals surface area contributed by atoms with E-state index in [9.17, 15) is 9.50 Å². The van der Waals surface area contributed by atoms with E-state index in [0.29, 0.717) is 12.1 Å². The van der Waals surface area contributed by atoms with Crippen LogP contribution in [0.4, 0.5) is 10.1 Å². The van der Waals surface area contributed by atoms with Crippen molar-refractivity contribution in [3.05, 3.63) is 29.6 Å². The summed E-state index contributed by atoms with van der Waals surface area (Å²) >= 11 is 0. The highest BCUT2D eigenvalue weighted by molar-refractivity contribution is 5.55. The zero-order chi connectivity index (χ0) is 14.6. The molecule has 0 radical (unpaired) electrons. The van der Waals surface area contributed by atoms with Gasteiger partial charge in [-0.3, -0.25) is 0 Å². The van der Waals surface area contributed by atoms with E-state index < -0.39 is 5.60 Å². The standard InChI is InChI=1S/C15H25FN2O/c1-6-18(10-15(3,4)19)13-9-7-8-12(16)14(13)11(2)17-5/h7-9,11,17,19H,6,10H2,1-5H3. The van der Waals surface area contributed by atoms with Crippen LogP contribution in [-0.2, 0) is 0 Å². The van der Waals surface area contributed by atoms with Crippen molar-refractivity contribution in [3.63, 3.8) is 0 Å². The topological polar surface area (TPSA) is 35.5 Å². The van der Waals surface area contributed by atoms with Crippen LogP contribution in [0.2, 0.25) is 0 Å². The summed E-state index contributed by atoms with van der Waals surface area (Å²) in [4.78, 5) is 2.01. The van der Waals surface area contributed by atoms with Gasteiger partial charge in [0.2, 0.25) is 0 Å². The summed E-state index contributed by atoms with van der Waals surface area (Å²) in [5.41, 5.74) is 0.672. The van der Waals surface area contributed by atoms with Gasteiger partial charge in [0.1, 0.15) is 5.82 Å². The molecule has 1 atom stereocenters. The molecule has 108 valence electrons. The second-order valence-electron chi connectivity index (χ2n) is 5.51. The average Bonchev–Trinajstić information content (AvgIpc) is 2.33. The van der Waals surface area contributed by atoms with Gasteiger partial charge in [0, 0.05) is 30.4 Å². The second kappa shape index (κ2) is 6.35. The highest BCUT2D eigenvalue weighted by atomic mass is 19.1. The molecular weight excluding hydrogens is 243 g/mol. The zero-order valence-corrected chi connectivity index (χ0v) is 12.5. The number of rotatable bonds is 6. The molecule has 0 fully saturated rings. The first kappa shape index (κ1) is 15.9. The minimum atomic E-state index is -0.817. The Hall–Kier alpha value is -1.13. The molecule has 1 unspecified atom stereocenters. The lowest BCUT2D eigenvalue weighted by atomic mass is 10.0. The van der Waals surface area contributed by atoms with Gasteiger partial charge in [-0.05, 0) is 46.9 Å². The van der Waals surface area contributed by atoms with Crippen molar-refractivity contribution < 1.29 is 9.50 Å². The molecular formula is C15H25FN2O. The van der Waals surface area contributed by atoms with Gasteiger partial charge >= 0.3 is 0 Å². The number of hydrogen-bond donors (Lipinski definition) is 2. The fourth-order valence-electron chi connectivity index (χ4n) is 2.21. The van der Waals surface area contributed by atoms with Gasteiger partial charge in [0.25, 0.3) is 0 Å². The van der Waals surface area contributed by atoms with Gasteiger partial charge in [-0.25, -0.2) is 4.39 Å². The molecule has 1 aromatic carbocycles. The normalized spacial score (nSPS) is 13.4. The Morgan fingerprint density at radius 3 is 2.53 bits per heavy atom. The monoisotopic (exact) mass is 268 g/mol. The zero-order valence-electron chi connectivity index (χ0n) is 12.5. The SMILES string of the molecule is CCN(CC(C)(C)O)c1cccc(F)c1C(C)NC. The first-order valence-corrected chi connectivity index (χ1v) is 6.73. The smallest absolute Gasteiger partial charge is 0.130 e. The fraction of sp³-hybridized carbons (Fsp3) is 0.600. The molecule has 0 aliphatic carbocycles. The predicted octanol–water partition coefficient (Wildman–Crippen LogP) is 2.70. The molecule has 0 spiro atoms. The fourth-order valence-corrected chi connectivity index (χ4v) is 2.21. The number of aliphatic hydroxyl groups is 1. The van der Waals surface area contributed by atoms with Crippen LogP contribution in [-0.4, -0.2) is 30.8 Å². The summed E-state index contributed by atoms with van der Waals surface area (Å²) in [5, 5.41) is 13.1. The van der Waals surface area contributed by atoms with Gasteiger partial charge in [0.15, 0.2) is 0 Å². The Balaban J connectivity index is 3.20. The van der Waals surface area contributed by atoms with Crippen molar-refractivity contribution in [3.8, 4) is 0 Å². The Kier molecular flexibility index (Phi) is 5.32. The number of nitrogens with zero attached hydrogens (tertiary/aromatic N) is 1. The maximum Gasteiger partial charge on any atom is 0.130 e. The van der Waals surface area contributed by atoms with Crippen molar-refractivity contribution in [1.82, 2.24) is 5.32 Å². The van der Waals surface area contributed by atoms with E-state index in [1.807, 2.05) is 31.9 Å². The summed E-state index contributed by atoms with van der Waals surface area (Å²) in [6.45, 7) is 8.64. The maximum atomic E-state index is 14.1. The molecule has 0 amide bonds. The third-order valence-electron chi connectivity index (χ3n) is 3.20. The summed E-state index contributed by atoms with van der Waals surface area (Å²) < 4.78 is 14.1. The van der Waals surface area contributed by atoms with Crippen molar-refractivity contribution in [2.45, 2.75) is 39.3 Å². The van der Waals surface area contributed by atoms with E-state index in [1.54, 1.807) is 19.9 Å². The number of halogens is 1. The van der Waals surface area contributed by atoms with Crippen LogP contribution >= 0.6 is 0 Å². The molecule has 0 aliphatic heterocycles. The number of nitrogens with one attached hydrogen (secondary N) is 1. The Bertz CT molecular complexity index is 415. The van der Waals surface area contributed by atoms with Crippen LogP contribution in [0.3, 0.4) is 0 Å². The van der Waals surface area contributed by atoms with Gasteiger partial charge in [0.05, 0.1) is 5.60 Å². The molecule has 2 N–H and O–H groups in total. The highest BCUT2D eigenvalue weighted by Gasteiger charge is 2.22. The van der Waals surface area contributed by atoms with Gasteiger partial charge in [-0.15, -0.1) is 0 Å². The Morgan fingerprint density at radius 2 is 2.05 bits per heavy atom. The molecule has 0 bridgehead atoms. The molecule has 1 rings (SSSR count). The van der Waals surface area contributed by atoms with Gasteiger partial charge in [-0.2, -0.15) is 0 Å². The largest absolute Gasteiger partial charge is 0.389 e. The van der Waals surface area contributed by atoms with Gasteiger partial charge in [-0.1, -0.05) is 6.07 Å². The molecule has 0 aromatic heterocycles. The molecule has 0 saturated carbocycles. The minimum Gasteiger partial charge on any atom is -0.389 e. The number of hydrogen-bond acceptors (Lipinski definition) is 3. The summed E-state index contributed by atoms with van der Waals surface area (Å²) in [7, 11) is 1.81. The lowest BCUT2D eigenvalue weighted by Gasteiger charge is -2.32. The van der Waals surface area contributed by atoms with Crippen molar-refractivity contribution in [2.24, 2.45) is 0 Å². The van der Waals surface area contributed by atoms with Crippen molar-refractivity contribution >= 4 is 5.69 Å². The quantitative estimate of drug-likeness (QED) is 0.832. The highest BCUT2D eigenvalue weighted by Crippen LogP contribution is 2.29.